The summed E-state index contributed by atoms with van der Waals surface area (Å²) in [7, 11) is -5.55. The highest BCUT2D eigenvalue weighted by Crippen LogP contribution is 2.42. The third-order valence-corrected chi connectivity index (χ3v) is 23.6. The van der Waals surface area contributed by atoms with Crippen LogP contribution in [-0.2, 0) is 13.3 Å². The normalized spacial score (nSPS) is 17.5. The predicted molar refractivity (Wildman–Crippen MR) is 171 cm³/mol. The van der Waals surface area contributed by atoms with Gasteiger partial charge in [-0.3, -0.25) is 0 Å². The van der Waals surface area contributed by atoms with E-state index in [9.17, 15) is 5.11 Å². The fraction of sp³-hybridized carbons (Fsp3) is 1.00. The van der Waals surface area contributed by atoms with E-state index in [2.05, 4.69) is 102 Å². The molecular formula is C30H68O4Si3. The molecule has 0 rings (SSSR count). The van der Waals surface area contributed by atoms with Crippen LogP contribution < -0.4 is 0 Å². The van der Waals surface area contributed by atoms with Gasteiger partial charge >= 0.3 is 0 Å². The smallest absolute Gasteiger partial charge is 0.192 e. The lowest BCUT2D eigenvalue weighted by molar-refractivity contribution is 0.0162. The van der Waals surface area contributed by atoms with Crippen molar-refractivity contribution in [1.29, 1.82) is 0 Å². The fourth-order valence-electron chi connectivity index (χ4n) is 4.58. The molecule has 0 saturated heterocycles. The Balaban J connectivity index is 5.84. The van der Waals surface area contributed by atoms with Crippen molar-refractivity contribution in [3.8, 4) is 0 Å². The Morgan fingerprint density at radius 1 is 0.649 bits per heavy atom. The Bertz CT molecular complexity index is 613. The molecule has 0 aliphatic carbocycles. The van der Waals surface area contributed by atoms with Crippen molar-refractivity contribution in [3.63, 3.8) is 0 Å². The molecule has 0 saturated carbocycles. The predicted octanol–water partition coefficient (Wildman–Crippen LogP) is 9.76. The van der Waals surface area contributed by atoms with Crippen LogP contribution in [-0.4, -0.2) is 55.0 Å². The quantitative estimate of drug-likeness (QED) is 0.165. The van der Waals surface area contributed by atoms with Crippen LogP contribution in [0.1, 0.15) is 108 Å². The van der Waals surface area contributed by atoms with E-state index >= 15 is 0 Å². The molecule has 0 aromatic rings. The van der Waals surface area contributed by atoms with Crippen LogP contribution >= 0.6 is 0 Å². The Morgan fingerprint density at radius 2 is 1.05 bits per heavy atom. The minimum Gasteiger partial charge on any atom is -0.414 e. The van der Waals surface area contributed by atoms with E-state index in [0.717, 1.165) is 25.7 Å². The van der Waals surface area contributed by atoms with Crippen LogP contribution in [0.2, 0.25) is 54.4 Å². The van der Waals surface area contributed by atoms with Gasteiger partial charge in [0, 0.05) is 18.6 Å². The number of rotatable bonds is 18. The van der Waals surface area contributed by atoms with Crippen molar-refractivity contribution in [1.82, 2.24) is 0 Å². The Morgan fingerprint density at radius 3 is 1.38 bits per heavy atom. The number of aliphatic hydroxyl groups excluding tert-OH is 1. The monoisotopic (exact) mass is 576 g/mol. The molecule has 0 aromatic carbocycles. The zero-order valence-corrected chi connectivity index (χ0v) is 30.8. The molecule has 0 fully saturated rings. The molecule has 0 spiro atoms. The van der Waals surface area contributed by atoms with E-state index in [1.165, 1.54) is 18.1 Å². The first kappa shape index (κ1) is 37.5. The second kappa shape index (κ2) is 15.5. The fourth-order valence-corrected chi connectivity index (χ4v) is 10.5. The molecule has 0 aliphatic heterocycles. The second-order valence-corrected chi connectivity index (χ2v) is 28.8. The maximum Gasteiger partial charge on any atom is 0.192 e. The van der Waals surface area contributed by atoms with Crippen LogP contribution in [0, 0.1) is 5.92 Å². The Labute approximate surface area is 236 Å². The van der Waals surface area contributed by atoms with Crippen LogP contribution in [0.25, 0.3) is 0 Å². The van der Waals surface area contributed by atoms with E-state index < -0.39 is 25.0 Å². The SMILES string of the molecule is CC[C@@H](CCC[C@H](O[Si](C)(C)C(C)(C)C)[C@@H](C)[C@@H](CCO)O[Si](C)(C)C(C)(C)C)O[Si](CC)(CC)CC. The molecule has 0 heterocycles. The molecule has 0 radical (unpaired) electrons. The molecule has 0 amide bonds. The number of aliphatic hydroxyl groups is 1. The Hall–Kier alpha value is 0.491. The van der Waals surface area contributed by atoms with Crippen LogP contribution in [0.5, 0.6) is 0 Å². The molecule has 1 N–H and O–H groups in total. The van der Waals surface area contributed by atoms with E-state index in [4.69, 9.17) is 13.3 Å². The van der Waals surface area contributed by atoms with Gasteiger partial charge in [-0.25, -0.2) is 0 Å². The van der Waals surface area contributed by atoms with Crippen molar-refractivity contribution in [2.75, 3.05) is 6.61 Å². The molecule has 224 valence electrons. The minimum absolute atomic E-state index is 0.0132. The average molecular weight is 577 g/mol. The van der Waals surface area contributed by atoms with Crippen molar-refractivity contribution >= 4 is 25.0 Å². The largest absolute Gasteiger partial charge is 0.414 e. The van der Waals surface area contributed by atoms with Crippen LogP contribution in [0.3, 0.4) is 0 Å². The van der Waals surface area contributed by atoms with Crippen molar-refractivity contribution in [2.45, 2.75) is 181 Å². The summed E-state index contributed by atoms with van der Waals surface area (Å²) in [6.07, 6.45) is 5.48. The highest BCUT2D eigenvalue weighted by atomic mass is 28.4. The van der Waals surface area contributed by atoms with E-state index in [-0.39, 0.29) is 34.8 Å². The highest BCUT2D eigenvalue weighted by molar-refractivity contribution is 6.74. The van der Waals surface area contributed by atoms with Crippen molar-refractivity contribution < 1.29 is 18.4 Å². The zero-order chi connectivity index (χ0) is 29.3. The van der Waals surface area contributed by atoms with Gasteiger partial charge in [0.1, 0.15) is 0 Å². The van der Waals surface area contributed by atoms with Crippen LogP contribution in [0.4, 0.5) is 0 Å². The van der Waals surface area contributed by atoms with Gasteiger partial charge in [-0.2, -0.15) is 0 Å². The first-order chi connectivity index (χ1) is 16.8. The molecule has 7 heteroatoms. The van der Waals surface area contributed by atoms with Gasteiger partial charge in [0.05, 0.1) is 12.2 Å². The minimum atomic E-state index is -1.97. The van der Waals surface area contributed by atoms with E-state index in [1.807, 2.05) is 0 Å². The number of hydrogen-bond acceptors (Lipinski definition) is 4. The van der Waals surface area contributed by atoms with Gasteiger partial charge in [0.2, 0.25) is 0 Å². The highest BCUT2D eigenvalue weighted by Gasteiger charge is 2.44. The summed E-state index contributed by atoms with van der Waals surface area (Å²) >= 11 is 0. The van der Waals surface area contributed by atoms with Gasteiger partial charge in [0.25, 0.3) is 0 Å². The molecular weight excluding hydrogens is 509 g/mol. The standard InChI is InChI=1S/C30H68O4Si3/c1-16-26(32-37(17-2,18-3)19-4)21-20-22-27(33-35(12,13)29(6,7)8)25(5)28(23-24-31)34-36(14,15)30(9,10)11/h25-28,31H,16-24H2,1-15H3/t25-,26+,27+,28-/m1/s1. The molecule has 4 nitrogen and oxygen atoms in total. The lowest BCUT2D eigenvalue weighted by Crippen LogP contribution is -2.50. The van der Waals surface area contributed by atoms with Crippen molar-refractivity contribution in [3.05, 3.63) is 0 Å². The van der Waals surface area contributed by atoms with Gasteiger partial charge in [-0.05, 0) is 86.5 Å². The molecule has 0 aromatic heterocycles. The summed E-state index contributed by atoms with van der Waals surface area (Å²) in [5.74, 6) is 0.229. The Kier molecular flexibility index (Phi) is 15.7. The second-order valence-electron chi connectivity index (χ2n) is 14.5. The first-order valence-electron chi connectivity index (χ1n) is 15.4. The third kappa shape index (κ3) is 11.5. The van der Waals surface area contributed by atoms with E-state index in [0.29, 0.717) is 12.5 Å². The van der Waals surface area contributed by atoms with Gasteiger partial charge in [-0.1, -0.05) is 76.2 Å². The summed E-state index contributed by atoms with van der Waals surface area (Å²) in [6, 6.07) is 3.62. The first-order valence-corrected chi connectivity index (χ1v) is 23.7. The molecule has 0 unspecified atom stereocenters. The third-order valence-electron chi connectivity index (χ3n) is 9.91. The zero-order valence-electron chi connectivity index (χ0n) is 27.8. The average Bonchev–Trinajstić information content (AvgIpc) is 2.78. The summed E-state index contributed by atoms with van der Waals surface area (Å²) in [4.78, 5) is 0. The maximum absolute atomic E-state index is 9.98. The van der Waals surface area contributed by atoms with E-state index in [1.54, 1.807) is 0 Å². The van der Waals surface area contributed by atoms with Gasteiger partial charge < -0.3 is 18.4 Å². The molecule has 4 atom stereocenters. The topological polar surface area (TPSA) is 47.9 Å². The molecule has 0 aliphatic rings. The summed E-state index contributed by atoms with van der Waals surface area (Å²) in [5, 5.41) is 10.3. The summed E-state index contributed by atoms with van der Waals surface area (Å²) in [5.41, 5.74) is 0. The lowest BCUT2D eigenvalue weighted by Gasteiger charge is -2.45. The summed E-state index contributed by atoms with van der Waals surface area (Å²) in [6.45, 7) is 34.9. The van der Waals surface area contributed by atoms with Crippen molar-refractivity contribution in [2.24, 2.45) is 5.92 Å². The van der Waals surface area contributed by atoms with Gasteiger partial charge in [-0.15, -0.1) is 0 Å². The molecule has 37 heavy (non-hydrogen) atoms. The van der Waals surface area contributed by atoms with Crippen LogP contribution in [0.15, 0.2) is 0 Å². The summed E-state index contributed by atoms with van der Waals surface area (Å²) < 4.78 is 20.9. The lowest BCUT2D eigenvalue weighted by atomic mass is 9.92. The maximum atomic E-state index is 9.98. The van der Waals surface area contributed by atoms with Gasteiger partial charge in [0.15, 0.2) is 25.0 Å². The molecule has 0 bridgehead atoms. The number of hydrogen-bond donors (Lipinski definition) is 1.